The summed E-state index contributed by atoms with van der Waals surface area (Å²) in [7, 11) is 0. The van der Waals surface area contributed by atoms with Crippen LogP contribution >= 0.6 is 11.3 Å². The molecule has 4 rings (SSSR count). The molecule has 0 saturated carbocycles. The van der Waals surface area contributed by atoms with Crippen molar-refractivity contribution < 1.29 is 13.9 Å². The average molecular weight is 421 g/mol. The van der Waals surface area contributed by atoms with Gasteiger partial charge >= 0.3 is 5.97 Å². The van der Waals surface area contributed by atoms with Gasteiger partial charge in [-0.1, -0.05) is 25.5 Å². The zero-order valence-electron chi connectivity index (χ0n) is 16.4. The van der Waals surface area contributed by atoms with E-state index in [9.17, 15) is 9.18 Å². The number of aromatic nitrogens is 2. The molecule has 0 atom stereocenters. The summed E-state index contributed by atoms with van der Waals surface area (Å²) in [5, 5.41) is 6.17. The minimum atomic E-state index is -0.323. The lowest BCUT2D eigenvalue weighted by Crippen LogP contribution is -2.06. The summed E-state index contributed by atoms with van der Waals surface area (Å²) in [6.45, 7) is 2.48. The van der Waals surface area contributed by atoms with Crippen molar-refractivity contribution in [2.45, 2.75) is 19.8 Å². The number of esters is 1. The van der Waals surface area contributed by atoms with Gasteiger partial charge in [-0.3, -0.25) is 0 Å². The fourth-order valence-electron chi connectivity index (χ4n) is 3.03. The molecule has 0 amide bonds. The molecule has 2 heterocycles. The van der Waals surface area contributed by atoms with Crippen molar-refractivity contribution in [1.82, 2.24) is 9.97 Å². The molecule has 0 aliphatic carbocycles. The fourth-order valence-corrected chi connectivity index (χ4v) is 3.95. The fraction of sp³-hybridized carbons (Fsp3) is 0.174. The third kappa shape index (κ3) is 4.31. The first-order valence-electron chi connectivity index (χ1n) is 9.68. The van der Waals surface area contributed by atoms with Gasteiger partial charge < -0.3 is 10.1 Å². The van der Waals surface area contributed by atoms with Gasteiger partial charge in [-0.05, 0) is 48.4 Å². The van der Waals surface area contributed by atoms with E-state index in [1.807, 2.05) is 24.4 Å². The molecule has 2 aromatic carbocycles. The van der Waals surface area contributed by atoms with E-state index in [4.69, 9.17) is 4.74 Å². The summed E-state index contributed by atoms with van der Waals surface area (Å²) in [4.78, 5) is 21.7. The summed E-state index contributed by atoms with van der Waals surface area (Å²) in [5.41, 5.74) is 3.13. The van der Waals surface area contributed by atoms with E-state index in [0.29, 0.717) is 18.0 Å². The number of fused-ring (bicyclic) bond motifs is 1. The van der Waals surface area contributed by atoms with Crippen LogP contribution in [0.5, 0.6) is 0 Å². The molecule has 30 heavy (non-hydrogen) atoms. The van der Waals surface area contributed by atoms with Gasteiger partial charge in [-0.15, -0.1) is 11.3 Å². The zero-order valence-corrected chi connectivity index (χ0v) is 17.2. The number of nitrogens with one attached hydrogen (secondary N) is 1. The molecular weight excluding hydrogens is 401 g/mol. The van der Waals surface area contributed by atoms with Crippen LogP contribution in [0.3, 0.4) is 0 Å². The summed E-state index contributed by atoms with van der Waals surface area (Å²) >= 11 is 1.51. The molecule has 0 unspecified atom stereocenters. The van der Waals surface area contributed by atoms with Crippen molar-refractivity contribution in [3.05, 3.63) is 71.6 Å². The Hall–Kier alpha value is -3.32. The average Bonchev–Trinajstić information content (AvgIpc) is 3.20. The molecular formula is C23H20FN3O2S. The number of anilines is 2. The minimum absolute atomic E-state index is 0.277. The number of hydrogen-bond acceptors (Lipinski definition) is 6. The molecule has 0 aliphatic heterocycles. The van der Waals surface area contributed by atoms with Crippen LogP contribution in [-0.4, -0.2) is 22.5 Å². The normalized spacial score (nSPS) is 10.9. The maximum Gasteiger partial charge on any atom is 0.338 e. The molecule has 0 aliphatic rings. The number of unbranched alkanes of at least 4 members (excludes halogenated alkanes) is 1. The van der Waals surface area contributed by atoms with E-state index in [1.165, 1.54) is 29.8 Å². The van der Waals surface area contributed by atoms with Crippen molar-refractivity contribution >= 4 is 39.0 Å². The number of rotatable bonds is 7. The Morgan fingerprint density at radius 3 is 2.60 bits per heavy atom. The van der Waals surface area contributed by atoms with Crippen LogP contribution in [-0.2, 0) is 4.74 Å². The lowest BCUT2D eigenvalue weighted by atomic mass is 10.1. The van der Waals surface area contributed by atoms with Gasteiger partial charge in [0.05, 0.1) is 17.6 Å². The van der Waals surface area contributed by atoms with Crippen molar-refractivity contribution in [2.75, 3.05) is 11.9 Å². The van der Waals surface area contributed by atoms with Gasteiger partial charge in [0.15, 0.2) is 0 Å². The highest BCUT2D eigenvalue weighted by Gasteiger charge is 2.14. The number of ether oxygens (including phenoxy) is 1. The monoisotopic (exact) mass is 421 g/mol. The maximum atomic E-state index is 13.3. The van der Waals surface area contributed by atoms with Crippen molar-refractivity contribution in [1.29, 1.82) is 0 Å². The third-order valence-electron chi connectivity index (χ3n) is 4.64. The SMILES string of the molecule is CCCCOC(=O)c1ccc(Nc2ncnc3scc(-c4ccc(F)cc4)c23)cc1. The predicted octanol–water partition coefficient (Wildman–Crippen LogP) is 6.20. The molecule has 1 N–H and O–H groups in total. The molecule has 2 aromatic heterocycles. The van der Waals surface area contributed by atoms with Crippen LogP contribution in [0.15, 0.2) is 60.2 Å². The molecule has 7 heteroatoms. The van der Waals surface area contributed by atoms with Crippen molar-refractivity contribution in [3.8, 4) is 11.1 Å². The Kier molecular flexibility index (Phi) is 5.99. The number of thiophene rings is 1. The smallest absolute Gasteiger partial charge is 0.338 e. The third-order valence-corrected chi connectivity index (χ3v) is 5.53. The number of carbonyl (C=O) groups excluding carboxylic acids is 1. The lowest BCUT2D eigenvalue weighted by molar-refractivity contribution is 0.0500. The standard InChI is InChI=1S/C23H20FN3O2S/c1-2-3-12-29-23(28)16-6-10-18(11-7-16)27-21-20-19(13-30-22(20)26-14-25-21)15-4-8-17(24)9-5-15/h4-11,13-14H,2-3,12H2,1H3,(H,25,26,27). The van der Waals surface area contributed by atoms with Crippen LogP contribution in [0.4, 0.5) is 15.9 Å². The number of benzene rings is 2. The summed E-state index contributed by atoms with van der Waals surface area (Å²) in [5.74, 6) is 0.0518. The number of carbonyl (C=O) groups is 1. The van der Waals surface area contributed by atoms with Crippen LogP contribution in [0.1, 0.15) is 30.1 Å². The molecule has 0 saturated heterocycles. The van der Waals surface area contributed by atoms with Gasteiger partial charge in [0.25, 0.3) is 0 Å². The number of nitrogens with zero attached hydrogens (tertiary/aromatic N) is 2. The topological polar surface area (TPSA) is 64.1 Å². The van der Waals surface area contributed by atoms with E-state index in [-0.39, 0.29) is 11.8 Å². The van der Waals surface area contributed by atoms with Gasteiger partial charge in [0.1, 0.15) is 22.8 Å². The Labute approximate surface area is 177 Å². The number of halogens is 1. The first-order chi connectivity index (χ1) is 14.7. The van der Waals surface area contributed by atoms with Gasteiger partial charge in [-0.2, -0.15) is 0 Å². The van der Waals surface area contributed by atoms with E-state index in [1.54, 1.807) is 24.3 Å². The lowest BCUT2D eigenvalue weighted by Gasteiger charge is -2.09. The second-order valence-electron chi connectivity index (χ2n) is 6.75. The van der Waals surface area contributed by atoms with Crippen molar-refractivity contribution in [3.63, 3.8) is 0 Å². The first kappa shape index (κ1) is 20.0. The second-order valence-corrected chi connectivity index (χ2v) is 7.61. The van der Waals surface area contributed by atoms with E-state index in [2.05, 4.69) is 15.3 Å². The molecule has 152 valence electrons. The minimum Gasteiger partial charge on any atom is -0.462 e. The second kappa shape index (κ2) is 9.00. The van der Waals surface area contributed by atoms with E-state index >= 15 is 0 Å². The van der Waals surface area contributed by atoms with Crippen molar-refractivity contribution in [2.24, 2.45) is 0 Å². The predicted molar refractivity (Wildman–Crippen MR) is 118 cm³/mol. The summed E-state index contributed by atoms with van der Waals surface area (Å²) < 4.78 is 18.6. The zero-order chi connectivity index (χ0) is 20.9. The van der Waals surface area contributed by atoms with E-state index < -0.39 is 0 Å². The summed E-state index contributed by atoms with van der Waals surface area (Å²) in [6.07, 6.45) is 3.34. The Morgan fingerprint density at radius 1 is 1.10 bits per heavy atom. The van der Waals surface area contributed by atoms with Crippen LogP contribution < -0.4 is 5.32 Å². The van der Waals surface area contributed by atoms with Gasteiger partial charge in [-0.25, -0.2) is 19.2 Å². The Bertz CT molecular complexity index is 1160. The highest BCUT2D eigenvalue weighted by molar-refractivity contribution is 7.17. The largest absolute Gasteiger partial charge is 0.462 e. The quantitative estimate of drug-likeness (QED) is 0.284. The summed E-state index contributed by atoms with van der Waals surface area (Å²) in [6, 6.07) is 13.4. The van der Waals surface area contributed by atoms with Gasteiger partial charge in [0.2, 0.25) is 0 Å². The highest BCUT2D eigenvalue weighted by Crippen LogP contribution is 2.37. The molecule has 4 aromatic rings. The van der Waals surface area contributed by atoms with Crippen LogP contribution in [0.25, 0.3) is 21.3 Å². The molecule has 0 fully saturated rings. The Morgan fingerprint density at radius 2 is 1.87 bits per heavy atom. The van der Waals surface area contributed by atoms with Crippen LogP contribution in [0, 0.1) is 5.82 Å². The van der Waals surface area contributed by atoms with Crippen LogP contribution in [0.2, 0.25) is 0 Å². The van der Waals surface area contributed by atoms with E-state index in [0.717, 1.165) is 39.9 Å². The first-order valence-corrected chi connectivity index (χ1v) is 10.6. The molecule has 0 bridgehead atoms. The number of hydrogen-bond donors (Lipinski definition) is 1. The molecule has 0 spiro atoms. The maximum absolute atomic E-state index is 13.3. The van der Waals surface area contributed by atoms with Gasteiger partial charge in [0, 0.05) is 16.6 Å². The molecule has 0 radical (unpaired) electrons. The molecule has 5 nitrogen and oxygen atoms in total. The Balaban J connectivity index is 1.59. The highest BCUT2D eigenvalue weighted by atomic mass is 32.1.